The number of allylic oxidation sites excluding steroid dienone is 4. The third-order valence-electron chi connectivity index (χ3n) is 5.51. The van der Waals surface area contributed by atoms with Gasteiger partial charge >= 0.3 is 5.97 Å². The summed E-state index contributed by atoms with van der Waals surface area (Å²) in [5.74, 6) is 0.307. The topological polar surface area (TPSA) is 94.8 Å². The van der Waals surface area contributed by atoms with Crippen LogP contribution in [0.5, 0.6) is 0 Å². The van der Waals surface area contributed by atoms with Crippen LogP contribution in [0.2, 0.25) is 0 Å². The molecular weight excluding hydrogens is 388 g/mol. The van der Waals surface area contributed by atoms with Crippen LogP contribution in [0.3, 0.4) is 0 Å². The van der Waals surface area contributed by atoms with Crippen molar-refractivity contribution in [2.45, 2.75) is 76.6 Å². The molecule has 0 radical (unpaired) electrons. The molecule has 0 amide bonds. The van der Waals surface area contributed by atoms with Crippen LogP contribution in [0, 0.1) is 17.8 Å². The number of ketones is 1. The van der Waals surface area contributed by atoms with Crippen molar-refractivity contribution in [3.63, 3.8) is 0 Å². The number of rotatable bonds is 15. The Hall–Kier alpha value is -1.11. The minimum Gasteiger partial charge on any atom is -0.479 e. The van der Waals surface area contributed by atoms with Gasteiger partial charge in [-0.1, -0.05) is 57.4 Å². The van der Waals surface area contributed by atoms with E-state index in [1.165, 1.54) is 19.3 Å². The maximum Gasteiger partial charge on any atom is 0.332 e. The van der Waals surface area contributed by atoms with Gasteiger partial charge in [-0.25, -0.2) is 4.79 Å². The van der Waals surface area contributed by atoms with E-state index in [-0.39, 0.29) is 35.9 Å². The fourth-order valence-electron chi connectivity index (χ4n) is 3.75. The molecule has 0 bridgehead atoms. The maximum absolute atomic E-state index is 12.6. The van der Waals surface area contributed by atoms with Crippen LogP contribution < -0.4 is 0 Å². The van der Waals surface area contributed by atoms with E-state index < -0.39 is 12.1 Å². The zero-order chi connectivity index (χ0) is 21.6. The van der Waals surface area contributed by atoms with Crippen LogP contribution in [0.25, 0.3) is 0 Å². The molecule has 0 heterocycles. The molecule has 29 heavy (non-hydrogen) atoms. The van der Waals surface area contributed by atoms with Crippen LogP contribution in [0.15, 0.2) is 24.3 Å². The highest BCUT2D eigenvalue weighted by atomic mass is 32.2. The number of unbranched alkanes of at least 4 members (excludes halogenated alkanes) is 2. The average molecular weight is 427 g/mol. The number of aliphatic hydroxyl groups is 2. The van der Waals surface area contributed by atoms with Gasteiger partial charge in [0.05, 0.1) is 6.61 Å². The molecule has 0 saturated heterocycles. The molecule has 1 fully saturated rings. The number of carbonyl (C=O) groups excluding carboxylic acids is 1. The second-order valence-electron chi connectivity index (χ2n) is 7.98. The van der Waals surface area contributed by atoms with E-state index in [1.807, 2.05) is 12.2 Å². The predicted molar refractivity (Wildman–Crippen MR) is 119 cm³/mol. The molecule has 5 nitrogen and oxygen atoms in total. The molecule has 0 aromatic carbocycles. The van der Waals surface area contributed by atoms with Crippen molar-refractivity contribution in [2.24, 2.45) is 17.8 Å². The van der Waals surface area contributed by atoms with Gasteiger partial charge in [-0.05, 0) is 37.5 Å². The van der Waals surface area contributed by atoms with Gasteiger partial charge in [0.2, 0.25) is 0 Å². The van der Waals surface area contributed by atoms with E-state index in [0.717, 1.165) is 6.42 Å². The summed E-state index contributed by atoms with van der Waals surface area (Å²) < 4.78 is 0. The number of carboxylic acids is 1. The summed E-state index contributed by atoms with van der Waals surface area (Å²) in [4.78, 5) is 23.3. The number of carboxylic acid groups (broad SMARTS) is 1. The Labute approximate surface area is 179 Å². The molecule has 166 valence electrons. The number of hydrogen-bond acceptors (Lipinski definition) is 5. The van der Waals surface area contributed by atoms with E-state index in [2.05, 4.69) is 26.0 Å². The number of aliphatic carboxylic acids is 1. The molecule has 0 aromatic heterocycles. The Bertz CT molecular complexity index is 545. The van der Waals surface area contributed by atoms with E-state index in [9.17, 15) is 19.8 Å². The lowest BCUT2D eigenvalue weighted by molar-refractivity contribution is -0.146. The van der Waals surface area contributed by atoms with Gasteiger partial charge in [-0.15, -0.1) is 0 Å². The number of hydrogen-bond donors (Lipinski definition) is 3. The van der Waals surface area contributed by atoms with Crippen LogP contribution in [0.4, 0.5) is 0 Å². The molecule has 1 saturated carbocycles. The smallest absolute Gasteiger partial charge is 0.332 e. The Balaban J connectivity index is 2.67. The van der Waals surface area contributed by atoms with Crippen LogP contribution in [-0.4, -0.2) is 50.8 Å². The van der Waals surface area contributed by atoms with E-state index in [0.29, 0.717) is 30.9 Å². The lowest BCUT2D eigenvalue weighted by atomic mass is 9.90. The molecular formula is C23H38O5S. The van der Waals surface area contributed by atoms with Crippen LogP contribution in [0.1, 0.15) is 65.2 Å². The normalized spacial score (nSPS) is 24.6. The molecule has 1 aliphatic carbocycles. The lowest BCUT2D eigenvalue weighted by Gasteiger charge is -2.20. The minimum absolute atomic E-state index is 0.0640. The van der Waals surface area contributed by atoms with Crippen molar-refractivity contribution in [2.75, 3.05) is 12.4 Å². The fraction of sp³-hybridized carbons (Fsp3) is 0.739. The third-order valence-corrected chi connectivity index (χ3v) is 6.83. The highest BCUT2D eigenvalue weighted by molar-refractivity contribution is 8.00. The van der Waals surface area contributed by atoms with Gasteiger partial charge in [-0.3, -0.25) is 4.79 Å². The molecule has 1 rings (SSSR count). The number of thioether (sulfide) groups is 1. The van der Waals surface area contributed by atoms with E-state index in [1.54, 1.807) is 11.8 Å². The monoisotopic (exact) mass is 426 g/mol. The summed E-state index contributed by atoms with van der Waals surface area (Å²) >= 11 is 1.68. The van der Waals surface area contributed by atoms with E-state index >= 15 is 0 Å². The number of Topliss-reactive ketones (excluding diaryl/α,β-unsaturated/α-hetero) is 1. The summed E-state index contributed by atoms with van der Waals surface area (Å²) in [7, 11) is 0. The van der Waals surface area contributed by atoms with Crippen molar-refractivity contribution >= 4 is 23.5 Å². The van der Waals surface area contributed by atoms with Gasteiger partial charge in [0.25, 0.3) is 0 Å². The van der Waals surface area contributed by atoms with Crippen molar-refractivity contribution in [1.82, 2.24) is 0 Å². The quantitative estimate of drug-likeness (QED) is 0.268. The second kappa shape index (κ2) is 14.8. The highest BCUT2D eigenvalue weighted by Crippen LogP contribution is 2.40. The largest absolute Gasteiger partial charge is 0.479 e. The van der Waals surface area contributed by atoms with Gasteiger partial charge in [0.1, 0.15) is 5.78 Å². The molecule has 0 spiro atoms. The van der Waals surface area contributed by atoms with Gasteiger partial charge in [0.15, 0.2) is 6.10 Å². The van der Waals surface area contributed by atoms with Crippen LogP contribution >= 0.6 is 11.8 Å². The maximum atomic E-state index is 12.6. The van der Waals surface area contributed by atoms with Crippen LogP contribution in [-0.2, 0) is 9.59 Å². The lowest BCUT2D eigenvalue weighted by Crippen LogP contribution is -2.18. The van der Waals surface area contributed by atoms with Crippen molar-refractivity contribution in [3.8, 4) is 0 Å². The standard InChI is InChI=1S/C23H38O5S/c1-3-4-6-9-17(2)12-13-19-18(21(26)16-22(19)29-15-14-24)10-7-5-8-11-20(25)23(27)28/h5,7,12-13,17-20,22,24-25H,3-4,6,8-11,14-16H2,1-2H3,(H,27,28)/b7-5-,13-12+/t17-,18-,19-,20?,22+/m1/s1. The molecule has 6 heteroatoms. The molecule has 5 atom stereocenters. The Kier molecular flexibility index (Phi) is 13.2. The molecule has 1 unspecified atom stereocenters. The highest BCUT2D eigenvalue weighted by Gasteiger charge is 2.40. The summed E-state index contributed by atoms with van der Waals surface area (Å²) in [5, 5.41) is 27.4. The second-order valence-corrected chi connectivity index (χ2v) is 9.33. The van der Waals surface area contributed by atoms with Gasteiger partial charge in [0, 0.05) is 23.3 Å². The molecule has 0 aliphatic heterocycles. The third kappa shape index (κ3) is 9.96. The Morgan fingerprint density at radius 2 is 2.03 bits per heavy atom. The summed E-state index contributed by atoms with van der Waals surface area (Å²) in [6.07, 6.45) is 13.6. The number of carbonyl (C=O) groups is 2. The van der Waals surface area contributed by atoms with E-state index in [4.69, 9.17) is 5.11 Å². The Morgan fingerprint density at radius 3 is 2.69 bits per heavy atom. The first-order valence-corrected chi connectivity index (χ1v) is 11.9. The van der Waals surface area contributed by atoms with Gasteiger partial charge < -0.3 is 15.3 Å². The first kappa shape index (κ1) is 25.9. The molecule has 0 aromatic rings. The summed E-state index contributed by atoms with van der Waals surface area (Å²) in [6, 6.07) is 0. The zero-order valence-electron chi connectivity index (χ0n) is 17.8. The molecule has 3 N–H and O–H groups in total. The summed E-state index contributed by atoms with van der Waals surface area (Å²) in [6.45, 7) is 4.55. The van der Waals surface area contributed by atoms with Crippen molar-refractivity contribution in [1.29, 1.82) is 0 Å². The SMILES string of the molecule is CCCCC[C@@H](C)/C=C/[C@H]1[C@@H](SCCO)CC(=O)[C@@H]1C/C=C\CCC(O)C(=O)O. The molecule has 1 aliphatic rings. The zero-order valence-corrected chi connectivity index (χ0v) is 18.7. The van der Waals surface area contributed by atoms with Crippen molar-refractivity contribution < 1.29 is 24.9 Å². The summed E-state index contributed by atoms with van der Waals surface area (Å²) in [5.41, 5.74) is 0. The van der Waals surface area contributed by atoms with Gasteiger partial charge in [-0.2, -0.15) is 11.8 Å². The minimum atomic E-state index is -1.34. The van der Waals surface area contributed by atoms with Crippen molar-refractivity contribution in [3.05, 3.63) is 24.3 Å². The Morgan fingerprint density at radius 1 is 1.28 bits per heavy atom. The average Bonchev–Trinajstić information content (AvgIpc) is 2.98. The number of aliphatic hydroxyl groups excluding tert-OH is 2. The first-order chi connectivity index (χ1) is 13.9. The first-order valence-electron chi connectivity index (χ1n) is 10.9. The predicted octanol–water partition coefficient (Wildman–Crippen LogP) is 4.23. The fourth-order valence-corrected chi connectivity index (χ4v) is 4.94.